The predicted molar refractivity (Wildman–Crippen MR) is 81.1 cm³/mol. The Bertz CT molecular complexity index is 674. The van der Waals surface area contributed by atoms with Crippen molar-refractivity contribution in [2.24, 2.45) is 0 Å². The molecule has 23 heavy (non-hydrogen) atoms. The van der Waals surface area contributed by atoms with Gasteiger partial charge in [-0.1, -0.05) is 12.1 Å². The number of amides is 2. The Balaban J connectivity index is 2.30. The maximum Gasteiger partial charge on any atom is 0.338 e. The highest BCUT2D eigenvalue weighted by atomic mass is 16.6. The molecular formula is C16H17N3O4. The van der Waals surface area contributed by atoms with Crippen LogP contribution >= 0.6 is 0 Å². The van der Waals surface area contributed by atoms with Gasteiger partial charge < -0.3 is 20.1 Å². The van der Waals surface area contributed by atoms with Gasteiger partial charge in [0.15, 0.2) is 0 Å². The minimum atomic E-state index is -0.633. The van der Waals surface area contributed by atoms with Crippen LogP contribution in [0.5, 0.6) is 0 Å². The number of esters is 1. The van der Waals surface area contributed by atoms with Crippen molar-refractivity contribution in [1.82, 2.24) is 10.6 Å². The number of carbonyl (C=O) groups is 2. The van der Waals surface area contributed by atoms with Crippen LogP contribution in [0.3, 0.4) is 0 Å². The molecule has 1 atom stereocenters. The maximum absolute atomic E-state index is 12.3. The van der Waals surface area contributed by atoms with Crippen LogP contribution in [0.4, 0.5) is 4.79 Å². The van der Waals surface area contributed by atoms with E-state index in [1.54, 1.807) is 31.2 Å². The monoisotopic (exact) mass is 315 g/mol. The number of nitrogens with zero attached hydrogens (tertiary/aromatic N) is 1. The summed E-state index contributed by atoms with van der Waals surface area (Å²) in [5.41, 5.74) is 1.95. The van der Waals surface area contributed by atoms with Gasteiger partial charge in [0.1, 0.15) is 6.61 Å². The Kier molecular flexibility index (Phi) is 5.33. The molecule has 0 spiro atoms. The minimum absolute atomic E-state index is 0.125. The van der Waals surface area contributed by atoms with Crippen LogP contribution in [-0.2, 0) is 14.3 Å². The van der Waals surface area contributed by atoms with E-state index in [0.29, 0.717) is 29.0 Å². The number of rotatable bonds is 5. The van der Waals surface area contributed by atoms with Crippen LogP contribution in [0, 0.1) is 11.3 Å². The van der Waals surface area contributed by atoms with E-state index in [2.05, 4.69) is 10.6 Å². The zero-order valence-electron chi connectivity index (χ0n) is 12.9. The number of urea groups is 1. The second-order valence-electron chi connectivity index (χ2n) is 4.93. The van der Waals surface area contributed by atoms with Crippen molar-refractivity contribution in [1.29, 1.82) is 5.26 Å². The summed E-state index contributed by atoms with van der Waals surface area (Å²) < 4.78 is 10.0. The summed E-state index contributed by atoms with van der Waals surface area (Å²) in [5.74, 6) is -0.526. The summed E-state index contributed by atoms with van der Waals surface area (Å²) in [7, 11) is 1.51. The van der Waals surface area contributed by atoms with Crippen LogP contribution in [0.1, 0.15) is 24.1 Å². The largest absolute Gasteiger partial charge is 0.460 e. The fourth-order valence-corrected chi connectivity index (χ4v) is 2.26. The van der Waals surface area contributed by atoms with Crippen molar-refractivity contribution in [3.8, 4) is 6.07 Å². The van der Waals surface area contributed by atoms with Gasteiger partial charge in [0.25, 0.3) is 0 Å². The van der Waals surface area contributed by atoms with Crippen LogP contribution in [0.25, 0.3) is 0 Å². The predicted octanol–water partition coefficient (Wildman–Crippen LogP) is 1.38. The average Bonchev–Trinajstić information content (AvgIpc) is 2.54. The summed E-state index contributed by atoms with van der Waals surface area (Å²) in [5, 5.41) is 14.1. The SMILES string of the molecule is COCCOC(=O)C1=C(C)NC(=O)N[C@@H]1c1ccc(C#N)cc1. The molecule has 120 valence electrons. The van der Waals surface area contributed by atoms with E-state index in [0.717, 1.165) is 0 Å². The summed E-state index contributed by atoms with van der Waals surface area (Å²) in [4.78, 5) is 24.0. The maximum atomic E-state index is 12.3. The van der Waals surface area contributed by atoms with Gasteiger partial charge in [0.2, 0.25) is 0 Å². The zero-order valence-corrected chi connectivity index (χ0v) is 12.9. The lowest BCUT2D eigenvalue weighted by atomic mass is 9.95. The topological polar surface area (TPSA) is 100 Å². The van der Waals surface area contributed by atoms with Gasteiger partial charge in [-0.15, -0.1) is 0 Å². The van der Waals surface area contributed by atoms with E-state index in [1.807, 2.05) is 6.07 Å². The molecule has 1 aliphatic heterocycles. The highest BCUT2D eigenvalue weighted by molar-refractivity contribution is 5.95. The molecule has 2 rings (SSSR count). The van der Waals surface area contributed by atoms with Gasteiger partial charge in [0, 0.05) is 12.8 Å². The standard InChI is InChI=1S/C16H17N3O4/c1-10-13(15(20)23-8-7-22-2)14(19-16(21)18-10)12-5-3-11(9-17)4-6-12/h3-6,14H,7-8H2,1-2H3,(H2,18,19,21)/t14-/m1/s1. The molecule has 2 amide bonds. The van der Waals surface area contributed by atoms with Gasteiger partial charge in [-0.25, -0.2) is 9.59 Å². The highest BCUT2D eigenvalue weighted by Gasteiger charge is 2.32. The Labute approximate surface area is 133 Å². The molecule has 0 saturated heterocycles. The summed E-state index contributed by atoms with van der Waals surface area (Å²) in [6, 6.07) is 7.66. The first-order valence-electron chi connectivity index (χ1n) is 7.01. The van der Waals surface area contributed by atoms with E-state index >= 15 is 0 Å². The highest BCUT2D eigenvalue weighted by Crippen LogP contribution is 2.27. The fourth-order valence-electron chi connectivity index (χ4n) is 2.26. The van der Waals surface area contributed by atoms with Crippen molar-refractivity contribution in [3.63, 3.8) is 0 Å². The van der Waals surface area contributed by atoms with Crippen LogP contribution < -0.4 is 10.6 Å². The lowest BCUT2D eigenvalue weighted by Gasteiger charge is -2.28. The van der Waals surface area contributed by atoms with E-state index < -0.39 is 18.0 Å². The van der Waals surface area contributed by atoms with Crippen molar-refractivity contribution in [3.05, 3.63) is 46.7 Å². The van der Waals surface area contributed by atoms with Gasteiger partial charge >= 0.3 is 12.0 Å². The number of nitrogens with one attached hydrogen (secondary N) is 2. The number of allylic oxidation sites excluding steroid dienone is 1. The molecule has 7 nitrogen and oxygen atoms in total. The molecule has 0 radical (unpaired) electrons. The summed E-state index contributed by atoms with van der Waals surface area (Å²) in [6.45, 7) is 2.06. The quantitative estimate of drug-likeness (QED) is 0.631. The minimum Gasteiger partial charge on any atom is -0.460 e. The molecular weight excluding hydrogens is 298 g/mol. The van der Waals surface area contributed by atoms with Gasteiger partial charge in [-0.3, -0.25) is 0 Å². The molecule has 0 bridgehead atoms. The smallest absolute Gasteiger partial charge is 0.338 e. The van der Waals surface area contributed by atoms with E-state index in [-0.39, 0.29) is 6.61 Å². The molecule has 0 aliphatic carbocycles. The normalized spacial score (nSPS) is 17.1. The molecule has 0 aromatic heterocycles. The Morgan fingerprint density at radius 3 is 2.61 bits per heavy atom. The third-order valence-corrected chi connectivity index (χ3v) is 3.38. The van der Waals surface area contributed by atoms with Crippen molar-refractivity contribution < 1.29 is 19.1 Å². The molecule has 1 aromatic rings. The lowest BCUT2D eigenvalue weighted by molar-refractivity contribution is -0.140. The second-order valence-corrected chi connectivity index (χ2v) is 4.93. The number of benzene rings is 1. The number of carbonyl (C=O) groups excluding carboxylic acids is 2. The molecule has 1 heterocycles. The van der Waals surface area contributed by atoms with Gasteiger partial charge in [-0.05, 0) is 24.6 Å². The molecule has 0 fully saturated rings. The molecule has 2 N–H and O–H groups in total. The summed E-state index contributed by atoms with van der Waals surface area (Å²) >= 11 is 0. The molecule has 0 saturated carbocycles. The molecule has 1 aromatic carbocycles. The van der Waals surface area contributed by atoms with Crippen molar-refractivity contribution >= 4 is 12.0 Å². The Morgan fingerprint density at radius 2 is 2.00 bits per heavy atom. The number of hydrogen-bond acceptors (Lipinski definition) is 5. The zero-order chi connectivity index (χ0) is 16.8. The van der Waals surface area contributed by atoms with E-state index in [4.69, 9.17) is 14.7 Å². The second kappa shape index (κ2) is 7.42. The molecule has 0 unspecified atom stereocenters. The Morgan fingerprint density at radius 1 is 1.30 bits per heavy atom. The fraction of sp³-hybridized carbons (Fsp3) is 0.312. The van der Waals surface area contributed by atoms with Crippen molar-refractivity contribution in [2.75, 3.05) is 20.3 Å². The Hall–Kier alpha value is -2.85. The lowest BCUT2D eigenvalue weighted by Crippen LogP contribution is -2.45. The first kappa shape index (κ1) is 16.5. The van der Waals surface area contributed by atoms with Crippen LogP contribution in [-0.4, -0.2) is 32.3 Å². The third-order valence-electron chi connectivity index (χ3n) is 3.38. The first-order chi connectivity index (χ1) is 11.1. The summed E-state index contributed by atoms with van der Waals surface area (Å²) in [6.07, 6.45) is 0. The third kappa shape index (κ3) is 3.87. The van der Waals surface area contributed by atoms with Crippen LogP contribution in [0.2, 0.25) is 0 Å². The molecule has 7 heteroatoms. The number of ether oxygens (including phenoxy) is 2. The van der Waals surface area contributed by atoms with Crippen LogP contribution in [0.15, 0.2) is 35.5 Å². The van der Waals surface area contributed by atoms with E-state index in [1.165, 1.54) is 7.11 Å². The molecule has 1 aliphatic rings. The number of hydrogen-bond donors (Lipinski definition) is 2. The number of methoxy groups -OCH3 is 1. The van der Waals surface area contributed by atoms with Gasteiger partial charge in [-0.2, -0.15) is 5.26 Å². The first-order valence-corrected chi connectivity index (χ1v) is 7.01. The average molecular weight is 315 g/mol. The number of nitriles is 1. The van der Waals surface area contributed by atoms with E-state index in [9.17, 15) is 9.59 Å². The van der Waals surface area contributed by atoms with Crippen molar-refractivity contribution in [2.45, 2.75) is 13.0 Å². The van der Waals surface area contributed by atoms with Gasteiger partial charge in [0.05, 0.1) is 29.9 Å².